The predicted octanol–water partition coefficient (Wildman–Crippen LogP) is 5.62. The van der Waals surface area contributed by atoms with Crippen LogP contribution in [0.3, 0.4) is 0 Å². The van der Waals surface area contributed by atoms with E-state index in [1.165, 1.54) is 12.1 Å². The van der Waals surface area contributed by atoms with Crippen LogP contribution in [0.25, 0.3) is 55.8 Å². The van der Waals surface area contributed by atoms with E-state index >= 15 is 0 Å². The zero-order valence-corrected chi connectivity index (χ0v) is 21.3. The van der Waals surface area contributed by atoms with E-state index in [1.807, 2.05) is 68.5 Å². The molecule has 8 nitrogen and oxygen atoms in total. The lowest BCUT2D eigenvalue weighted by Gasteiger charge is -2.12. The minimum atomic E-state index is -0.358. The fraction of sp³-hybridized carbons (Fsp3) is 0.172. The van der Waals surface area contributed by atoms with Crippen molar-refractivity contribution in [2.24, 2.45) is 0 Å². The number of aromatic amines is 2. The van der Waals surface area contributed by atoms with Crippen LogP contribution in [0.2, 0.25) is 0 Å². The van der Waals surface area contributed by atoms with Crippen molar-refractivity contribution in [1.29, 1.82) is 0 Å². The number of benzene rings is 1. The van der Waals surface area contributed by atoms with Gasteiger partial charge in [0.25, 0.3) is 0 Å². The zero-order valence-electron chi connectivity index (χ0n) is 21.3. The summed E-state index contributed by atoms with van der Waals surface area (Å²) in [7, 11) is 3.94. The number of aromatic nitrogens is 6. The van der Waals surface area contributed by atoms with Crippen LogP contribution in [0.15, 0.2) is 67.1 Å². The molecule has 0 bridgehead atoms. The summed E-state index contributed by atoms with van der Waals surface area (Å²) in [5.41, 5.74) is 8.11. The van der Waals surface area contributed by atoms with Gasteiger partial charge in [-0.2, -0.15) is 5.10 Å². The van der Waals surface area contributed by atoms with E-state index in [2.05, 4.69) is 25.1 Å². The van der Waals surface area contributed by atoms with Gasteiger partial charge in [-0.15, -0.1) is 0 Å². The van der Waals surface area contributed by atoms with E-state index in [-0.39, 0.29) is 5.82 Å². The van der Waals surface area contributed by atoms with E-state index in [9.17, 15) is 4.39 Å². The van der Waals surface area contributed by atoms with E-state index in [0.29, 0.717) is 29.3 Å². The van der Waals surface area contributed by atoms with Crippen molar-refractivity contribution in [1.82, 2.24) is 35.0 Å². The number of hydrogen-bond acceptors (Lipinski definition) is 6. The molecule has 190 valence electrons. The summed E-state index contributed by atoms with van der Waals surface area (Å²) in [4.78, 5) is 19.1. The van der Waals surface area contributed by atoms with E-state index in [1.54, 1.807) is 12.4 Å². The topological polar surface area (TPSA) is 95.6 Å². The highest BCUT2D eigenvalue weighted by Gasteiger charge is 2.17. The van der Waals surface area contributed by atoms with Crippen molar-refractivity contribution >= 4 is 22.1 Å². The summed E-state index contributed by atoms with van der Waals surface area (Å²) in [5.74, 6) is 0.132. The van der Waals surface area contributed by atoms with Gasteiger partial charge >= 0.3 is 0 Å². The highest BCUT2D eigenvalue weighted by molar-refractivity contribution is 5.99. The first-order valence-corrected chi connectivity index (χ1v) is 12.3. The minimum absolute atomic E-state index is 0.358. The van der Waals surface area contributed by atoms with Gasteiger partial charge < -0.3 is 14.6 Å². The Morgan fingerprint density at radius 2 is 1.89 bits per heavy atom. The number of H-pyrrole nitrogens is 2. The molecule has 0 spiro atoms. The first-order chi connectivity index (χ1) is 18.5. The maximum absolute atomic E-state index is 14.6. The van der Waals surface area contributed by atoms with Crippen LogP contribution in [0.5, 0.6) is 5.75 Å². The molecule has 0 saturated carbocycles. The normalized spacial score (nSPS) is 11.6. The summed E-state index contributed by atoms with van der Waals surface area (Å²) < 4.78 is 20.4. The quantitative estimate of drug-likeness (QED) is 0.291. The molecule has 38 heavy (non-hydrogen) atoms. The molecule has 5 heterocycles. The first kappa shape index (κ1) is 23.7. The predicted molar refractivity (Wildman–Crippen MR) is 146 cm³/mol. The second-order valence-electron chi connectivity index (χ2n) is 9.49. The lowest BCUT2D eigenvalue weighted by atomic mass is 10.0. The summed E-state index contributed by atoms with van der Waals surface area (Å²) in [6, 6.07) is 14.5. The van der Waals surface area contributed by atoms with Gasteiger partial charge in [0.05, 0.1) is 16.9 Å². The van der Waals surface area contributed by atoms with Crippen molar-refractivity contribution in [3.05, 3.63) is 78.5 Å². The van der Waals surface area contributed by atoms with Gasteiger partial charge in [0, 0.05) is 42.2 Å². The molecule has 6 rings (SSSR count). The van der Waals surface area contributed by atoms with Crippen molar-refractivity contribution in [3.8, 4) is 39.5 Å². The second-order valence-corrected chi connectivity index (χ2v) is 9.49. The number of nitrogens with one attached hydrogen (secondary N) is 2. The van der Waals surface area contributed by atoms with Crippen molar-refractivity contribution in [2.75, 3.05) is 27.2 Å². The molecule has 0 radical (unpaired) electrons. The number of nitrogens with zero attached hydrogens (tertiary/aromatic N) is 5. The third-order valence-electron chi connectivity index (χ3n) is 6.50. The van der Waals surface area contributed by atoms with Gasteiger partial charge in [0.2, 0.25) is 0 Å². The highest BCUT2D eigenvalue weighted by Crippen LogP contribution is 2.35. The first-order valence-electron chi connectivity index (χ1n) is 12.3. The summed E-state index contributed by atoms with van der Waals surface area (Å²) in [6.45, 7) is 3.24. The number of fused-ring (bicyclic) bond motifs is 2. The molecule has 0 unspecified atom stereocenters. The summed E-state index contributed by atoms with van der Waals surface area (Å²) in [5, 5.41) is 8.48. The smallest absolute Gasteiger partial charge is 0.138 e. The Morgan fingerprint density at radius 3 is 2.74 bits per heavy atom. The fourth-order valence-electron chi connectivity index (χ4n) is 4.52. The Kier molecular flexibility index (Phi) is 6.05. The van der Waals surface area contributed by atoms with Gasteiger partial charge in [-0.1, -0.05) is 0 Å². The molecule has 5 aromatic heterocycles. The molecule has 0 atom stereocenters. The molecule has 9 heteroatoms. The van der Waals surface area contributed by atoms with Crippen LogP contribution < -0.4 is 4.74 Å². The lowest BCUT2D eigenvalue weighted by molar-refractivity contribution is 0.260. The average Bonchev–Trinajstić information content (AvgIpc) is 3.52. The number of likely N-dealkylation sites (N-methyl/N-ethyl adjacent to an activating group) is 1. The molecule has 0 aliphatic carbocycles. The molecular formula is C29H26FN7O. The van der Waals surface area contributed by atoms with Crippen molar-refractivity contribution in [3.63, 3.8) is 0 Å². The fourth-order valence-corrected chi connectivity index (χ4v) is 4.52. The van der Waals surface area contributed by atoms with Crippen molar-refractivity contribution in [2.45, 2.75) is 6.92 Å². The number of aryl methyl sites for hydroxylation is 1. The number of rotatable bonds is 7. The van der Waals surface area contributed by atoms with Crippen LogP contribution in [-0.4, -0.2) is 62.3 Å². The zero-order chi connectivity index (χ0) is 26.2. The molecule has 2 N–H and O–H groups in total. The van der Waals surface area contributed by atoms with E-state index < -0.39 is 0 Å². The maximum Gasteiger partial charge on any atom is 0.138 e. The van der Waals surface area contributed by atoms with Gasteiger partial charge in [-0.05, 0) is 80.2 Å². The van der Waals surface area contributed by atoms with E-state index in [0.717, 1.165) is 51.0 Å². The van der Waals surface area contributed by atoms with Gasteiger partial charge in [0.1, 0.15) is 35.0 Å². The van der Waals surface area contributed by atoms with Crippen LogP contribution in [0, 0.1) is 12.7 Å². The third kappa shape index (κ3) is 4.48. The average molecular weight is 508 g/mol. The second kappa shape index (κ2) is 9.68. The van der Waals surface area contributed by atoms with Crippen LogP contribution in [0.1, 0.15) is 5.56 Å². The molecule has 0 aliphatic rings. The van der Waals surface area contributed by atoms with Gasteiger partial charge in [-0.3, -0.25) is 10.1 Å². The van der Waals surface area contributed by atoms with Crippen molar-refractivity contribution < 1.29 is 9.13 Å². The summed E-state index contributed by atoms with van der Waals surface area (Å²) in [6.07, 6.45) is 5.30. The number of halogens is 1. The number of ether oxygens (including phenoxy) is 1. The monoisotopic (exact) mass is 507 g/mol. The molecule has 6 aromatic rings. The Balaban J connectivity index is 1.41. The van der Waals surface area contributed by atoms with Gasteiger partial charge in [0.15, 0.2) is 0 Å². The summed E-state index contributed by atoms with van der Waals surface area (Å²) >= 11 is 0. The van der Waals surface area contributed by atoms with Crippen LogP contribution >= 0.6 is 0 Å². The standard InChI is InChI=1S/C29H26FN7O/c1-17-6-8-31-16-23(17)24-4-5-25-27(33-24)28(36-35-25)26-15-22-21(7-9-32-29(22)34-26)18-12-19(30)14-20(13-18)38-11-10-37(2)3/h4-9,12-16H,10-11H2,1-3H3,(H,32,34)(H,35,36). The number of pyridine rings is 3. The lowest BCUT2D eigenvalue weighted by Crippen LogP contribution is -2.19. The maximum atomic E-state index is 14.6. The molecule has 0 aliphatic heterocycles. The third-order valence-corrected chi connectivity index (χ3v) is 6.50. The Bertz CT molecular complexity index is 1770. The molecule has 0 amide bonds. The molecule has 0 fully saturated rings. The molecular weight excluding hydrogens is 481 g/mol. The van der Waals surface area contributed by atoms with Gasteiger partial charge in [-0.25, -0.2) is 14.4 Å². The SMILES string of the molecule is Cc1ccncc1-c1ccc2[nH]nc(-c3cc4c(-c5cc(F)cc(OCCN(C)C)c5)ccnc4[nH]3)c2n1. The molecule has 1 aromatic carbocycles. The van der Waals surface area contributed by atoms with Crippen LogP contribution in [-0.2, 0) is 0 Å². The van der Waals surface area contributed by atoms with E-state index in [4.69, 9.17) is 9.72 Å². The minimum Gasteiger partial charge on any atom is -0.492 e. The Hall–Kier alpha value is -4.63. The van der Waals surface area contributed by atoms with Crippen LogP contribution in [0.4, 0.5) is 4.39 Å². The Labute approximate surface area is 218 Å². The molecule has 0 saturated heterocycles. The Morgan fingerprint density at radius 1 is 1.00 bits per heavy atom. The highest BCUT2D eigenvalue weighted by atomic mass is 19.1. The number of hydrogen-bond donors (Lipinski definition) is 2. The largest absolute Gasteiger partial charge is 0.492 e.